The second-order valence-electron chi connectivity index (χ2n) is 4.80. The summed E-state index contributed by atoms with van der Waals surface area (Å²) in [6, 6.07) is 14.2. The highest BCUT2D eigenvalue weighted by Gasteiger charge is 2.08. The van der Waals surface area contributed by atoms with Gasteiger partial charge in [0.1, 0.15) is 5.75 Å². The first-order chi connectivity index (χ1) is 10.6. The van der Waals surface area contributed by atoms with Crippen molar-refractivity contribution in [3.8, 4) is 11.5 Å². The first-order valence-corrected chi connectivity index (χ1v) is 7.09. The molecule has 5 heteroatoms. The average molecular weight is 303 g/mol. The zero-order valence-corrected chi connectivity index (χ0v) is 12.1. The average Bonchev–Trinajstić information content (AvgIpc) is 2.50. The number of halogens is 1. The van der Waals surface area contributed by atoms with E-state index in [9.17, 15) is 9.18 Å². The Labute approximate surface area is 128 Å². The molecule has 22 heavy (non-hydrogen) atoms. The summed E-state index contributed by atoms with van der Waals surface area (Å²) in [6.45, 7) is 0.502. The molecule has 0 aliphatic carbocycles. The van der Waals surface area contributed by atoms with Gasteiger partial charge in [-0.3, -0.25) is 0 Å². The molecule has 2 aromatic carbocycles. The van der Waals surface area contributed by atoms with E-state index in [2.05, 4.69) is 16.9 Å². The van der Waals surface area contributed by atoms with Crippen LogP contribution in [-0.2, 0) is 6.42 Å². The number of carbonyl (C=O) groups excluding carboxylic acids is 1. The molecule has 0 saturated heterocycles. The van der Waals surface area contributed by atoms with Crippen LogP contribution >= 0.6 is 0 Å². The molecule has 2 N–H and O–H groups in total. The lowest BCUT2D eigenvalue weighted by molar-refractivity contribution is 0.208. The van der Waals surface area contributed by atoms with Gasteiger partial charge in [-0.05, 0) is 37.0 Å². The molecule has 0 aliphatic rings. The zero-order valence-electron chi connectivity index (χ0n) is 12.1. The first kappa shape index (κ1) is 15.8. The van der Waals surface area contributed by atoms with Crippen LogP contribution in [0.25, 0.3) is 0 Å². The third-order valence-electron chi connectivity index (χ3n) is 3.09. The lowest BCUT2D eigenvalue weighted by atomic mass is 10.1. The number of hydrogen-bond acceptors (Lipinski definition) is 3. The van der Waals surface area contributed by atoms with E-state index in [0.717, 1.165) is 19.3 Å². The Morgan fingerprint density at radius 2 is 1.86 bits per heavy atom. The van der Waals surface area contributed by atoms with Crippen LogP contribution in [0.5, 0.6) is 11.5 Å². The molecule has 2 aromatic rings. The number of unbranched alkanes of at least 4 members (excludes halogenated alkanes) is 1. The number of ether oxygens (including phenoxy) is 2. The summed E-state index contributed by atoms with van der Waals surface area (Å²) in [5, 5.41) is 0. The summed E-state index contributed by atoms with van der Waals surface area (Å²) in [7, 11) is 0. The fourth-order valence-corrected chi connectivity index (χ4v) is 2.03. The van der Waals surface area contributed by atoms with Crippen molar-refractivity contribution >= 4 is 6.09 Å². The standard InChI is InChI=1S/C17H18FNO3/c18-15-12-14(9-10-16(15)22-17(19)20)21-11-5-4-8-13-6-2-1-3-7-13/h1-3,6-7,9-10,12H,4-5,8,11H2,(H2,19,20). The van der Waals surface area contributed by atoms with Crippen LogP contribution in [0.2, 0.25) is 0 Å². The maximum Gasteiger partial charge on any atom is 0.410 e. The number of hydrogen-bond donors (Lipinski definition) is 1. The fourth-order valence-electron chi connectivity index (χ4n) is 2.03. The number of benzene rings is 2. The van der Waals surface area contributed by atoms with Crippen molar-refractivity contribution in [2.24, 2.45) is 5.73 Å². The predicted molar refractivity (Wildman–Crippen MR) is 81.5 cm³/mol. The van der Waals surface area contributed by atoms with Crippen molar-refractivity contribution in [3.05, 3.63) is 59.9 Å². The Kier molecular flexibility index (Phi) is 5.77. The van der Waals surface area contributed by atoms with Crippen LogP contribution in [0, 0.1) is 5.82 Å². The number of nitrogens with two attached hydrogens (primary N) is 1. The van der Waals surface area contributed by atoms with Crippen LogP contribution in [0.1, 0.15) is 18.4 Å². The van der Waals surface area contributed by atoms with Crippen LogP contribution in [0.3, 0.4) is 0 Å². The van der Waals surface area contributed by atoms with Crippen LogP contribution in [0.15, 0.2) is 48.5 Å². The number of aryl methyl sites for hydroxylation is 1. The van der Waals surface area contributed by atoms with Crippen molar-refractivity contribution in [1.82, 2.24) is 0 Å². The van der Waals surface area contributed by atoms with E-state index < -0.39 is 11.9 Å². The lowest BCUT2D eigenvalue weighted by Crippen LogP contribution is -2.16. The first-order valence-electron chi connectivity index (χ1n) is 7.09. The van der Waals surface area contributed by atoms with Gasteiger partial charge in [-0.15, -0.1) is 0 Å². The molecule has 0 fully saturated rings. The summed E-state index contributed by atoms with van der Waals surface area (Å²) >= 11 is 0. The molecule has 0 radical (unpaired) electrons. The monoisotopic (exact) mass is 303 g/mol. The van der Waals surface area contributed by atoms with Crippen molar-refractivity contribution in [3.63, 3.8) is 0 Å². The van der Waals surface area contributed by atoms with E-state index in [0.29, 0.717) is 12.4 Å². The van der Waals surface area contributed by atoms with E-state index in [1.165, 1.54) is 17.7 Å². The third-order valence-corrected chi connectivity index (χ3v) is 3.09. The Balaban J connectivity index is 1.73. The third kappa shape index (κ3) is 5.09. The highest BCUT2D eigenvalue weighted by Crippen LogP contribution is 2.22. The highest BCUT2D eigenvalue weighted by molar-refractivity contribution is 5.68. The molecule has 0 atom stereocenters. The van der Waals surface area contributed by atoms with Gasteiger partial charge in [-0.2, -0.15) is 0 Å². The van der Waals surface area contributed by atoms with E-state index >= 15 is 0 Å². The van der Waals surface area contributed by atoms with Crippen LogP contribution in [0.4, 0.5) is 9.18 Å². The summed E-state index contributed by atoms with van der Waals surface area (Å²) < 4.78 is 23.6. The number of carbonyl (C=O) groups is 1. The highest BCUT2D eigenvalue weighted by atomic mass is 19.1. The minimum atomic E-state index is -1.05. The molecule has 1 amide bonds. The molecule has 0 aliphatic heterocycles. The van der Waals surface area contributed by atoms with Crippen molar-refractivity contribution in [2.45, 2.75) is 19.3 Å². The molecular weight excluding hydrogens is 285 g/mol. The molecule has 0 spiro atoms. The normalized spacial score (nSPS) is 10.2. The van der Waals surface area contributed by atoms with Crippen molar-refractivity contribution < 1.29 is 18.7 Å². The molecule has 2 rings (SSSR count). The molecular formula is C17H18FNO3. The van der Waals surface area contributed by atoms with Gasteiger partial charge >= 0.3 is 6.09 Å². The van der Waals surface area contributed by atoms with Crippen LogP contribution < -0.4 is 15.2 Å². The minimum absolute atomic E-state index is 0.205. The van der Waals surface area contributed by atoms with Gasteiger partial charge in [-0.25, -0.2) is 9.18 Å². The largest absolute Gasteiger partial charge is 0.493 e. The summed E-state index contributed by atoms with van der Waals surface area (Å²) in [4.78, 5) is 10.6. The van der Waals surface area contributed by atoms with Gasteiger partial charge in [0.2, 0.25) is 0 Å². The SMILES string of the molecule is NC(=O)Oc1ccc(OCCCCc2ccccc2)cc1F. The van der Waals surface area contributed by atoms with Gasteiger partial charge in [0.15, 0.2) is 11.6 Å². The fraction of sp³-hybridized carbons (Fsp3) is 0.235. The Bertz CT molecular complexity index is 617. The van der Waals surface area contributed by atoms with E-state index in [-0.39, 0.29) is 5.75 Å². The molecule has 116 valence electrons. The summed E-state index contributed by atoms with van der Waals surface area (Å²) in [5.74, 6) is -0.487. The van der Waals surface area contributed by atoms with Crippen molar-refractivity contribution in [1.29, 1.82) is 0 Å². The smallest absolute Gasteiger partial charge is 0.410 e. The Morgan fingerprint density at radius 3 is 2.55 bits per heavy atom. The van der Waals surface area contributed by atoms with E-state index in [1.807, 2.05) is 18.2 Å². The quantitative estimate of drug-likeness (QED) is 0.794. The van der Waals surface area contributed by atoms with Gasteiger partial charge in [0.25, 0.3) is 0 Å². The summed E-state index contributed by atoms with van der Waals surface area (Å²) in [5.41, 5.74) is 6.13. The van der Waals surface area contributed by atoms with E-state index in [4.69, 9.17) is 10.5 Å². The van der Waals surface area contributed by atoms with Crippen LogP contribution in [-0.4, -0.2) is 12.7 Å². The second kappa shape index (κ2) is 8.02. The molecule has 0 heterocycles. The van der Waals surface area contributed by atoms with Gasteiger partial charge in [0, 0.05) is 6.07 Å². The van der Waals surface area contributed by atoms with Crippen molar-refractivity contribution in [2.75, 3.05) is 6.61 Å². The predicted octanol–water partition coefficient (Wildman–Crippen LogP) is 3.68. The maximum absolute atomic E-state index is 13.6. The van der Waals surface area contributed by atoms with Gasteiger partial charge < -0.3 is 15.2 Å². The molecule has 0 aromatic heterocycles. The maximum atomic E-state index is 13.6. The molecule has 0 unspecified atom stereocenters. The molecule has 0 bridgehead atoms. The summed E-state index contributed by atoms with van der Waals surface area (Å²) in [6.07, 6.45) is 1.81. The number of primary amides is 1. The topological polar surface area (TPSA) is 61.6 Å². The Morgan fingerprint density at radius 1 is 1.09 bits per heavy atom. The second-order valence-corrected chi connectivity index (χ2v) is 4.80. The van der Waals surface area contributed by atoms with Gasteiger partial charge in [0.05, 0.1) is 6.61 Å². The number of amides is 1. The van der Waals surface area contributed by atoms with Gasteiger partial charge in [-0.1, -0.05) is 30.3 Å². The number of rotatable bonds is 7. The Hall–Kier alpha value is -2.56. The van der Waals surface area contributed by atoms with E-state index in [1.54, 1.807) is 6.07 Å². The minimum Gasteiger partial charge on any atom is -0.493 e. The molecule has 4 nitrogen and oxygen atoms in total. The molecule has 0 saturated carbocycles. The zero-order chi connectivity index (χ0) is 15.8. The lowest BCUT2D eigenvalue weighted by Gasteiger charge is -2.08.